The predicted octanol–water partition coefficient (Wildman–Crippen LogP) is 0.626. The first-order chi connectivity index (χ1) is 9.09. The van der Waals surface area contributed by atoms with Gasteiger partial charge < -0.3 is 10.4 Å². The smallest absolute Gasteiger partial charge is 0.325 e. The van der Waals surface area contributed by atoms with Crippen molar-refractivity contribution in [3.05, 3.63) is 39.9 Å². The molecular formula is C12H15N3O4. The Hall–Kier alpha value is -1.99. The van der Waals surface area contributed by atoms with Crippen molar-refractivity contribution in [2.24, 2.45) is 0 Å². The Bertz CT molecular complexity index is 468. The maximum Gasteiger partial charge on any atom is 0.325 e. The number of benzene rings is 1. The van der Waals surface area contributed by atoms with Crippen LogP contribution in [0.3, 0.4) is 0 Å². The van der Waals surface area contributed by atoms with Crippen molar-refractivity contribution in [2.45, 2.75) is 6.04 Å². The highest BCUT2D eigenvalue weighted by Crippen LogP contribution is 2.23. The summed E-state index contributed by atoms with van der Waals surface area (Å²) in [5, 5.41) is 23.1. The van der Waals surface area contributed by atoms with Gasteiger partial charge in [0.1, 0.15) is 6.04 Å². The number of carboxylic acid groups (broad SMARTS) is 1. The summed E-state index contributed by atoms with van der Waals surface area (Å²) in [6.07, 6.45) is 0. The second kappa shape index (κ2) is 5.77. The van der Waals surface area contributed by atoms with E-state index in [2.05, 4.69) is 5.32 Å². The molecule has 1 saturated heterocycles. The first-order valence-corrected chi connectivity index (χ1v) is 6.01. The standard InChI is InChI=1S/C12H15N3O4/c16-12(17)11(14-7-5-13-6-8-14)9-1-3-10(4-2-9)15(18)19/h1-4,11,13H,5-8H2,(H,16,17). The number of piperazine rings is 1. The van der Waals surface area contributed by atoms with Gasteiger partial charge in [0.25, 0.3) is 5.69 Å². The minimum atomic E-state index is -0.934. The Labute approximate surface area is 110 Å². The highest BCUT2D eigenvalue weighted by Gasteiger charge is 2.28. The van der Waals surface area contributed by atoms with Gasteiger partial charge in [-0.25, -0.2) is 0 Å². The maximum absolute atomic E-state index is 11.4. The molecule has 1 unspecified atom stereocenters. The van der Waals surface area contributed by atoms with E-state index >= 15 is 0 Å². The fourth-order valence-corrected chi connectivity index (χ4v) is 2.23. The Kier molecular flexibility index (Phi) is 4.08. The zero-order valence-corrected chi connectivity index (χ0v) is 10.3. The quantitative estimate of drug-likeness (QED) is 0.612. The highest BCUT2D eigenvalue weighted by atomic mass is 16.6. The van der Waals surface area contributed by atoms with Crippen LogP contribution in [0.2, 0.25) is 0 Å². The SMILES string of the molecule is O=C(O)C(c1ccc([N+](=O)[O-])cc1)N1CCNCC1. The largest absolute Gasteiger partial charge is 0.480 e. The van der Waals surface area contributed by atoms with E-state index < -0.39 is 16.9 Å². The van der Waals surface area contributed by atoms with Crippen LogP contribution < -0.4 is 5.32 Å². The molecule has 2 N–H and O–H groups in total. The van der Waals surface area contributed by atoms with Gasteiger partial charge in [0, 0.05) is 38.3 Å². The number of rotatable bonds is 4. The fourth-order valence-electron chi connectivity index (χ4n) is 2.23. The van der Waals surface area contributed by atoms with Crippen LogP contribution in [0.25, 0.3) is 0 Å². The predicted molar refractivity (Wildman–Crippen MR) is 67.9 cm³/mol. The van der Waals surface area contributed by atoms with E-state index in [9.17, 15) is 20.0 Å². The Balaban J connectivity index is 2.23. The van der Waals surface area contributed by atoms with Crippen molar-refractivity contribution in [1.82, 2.24) is 10.2 Å². The van der Waals surface area contributed by atoms with Crippen LogP contribution in [-0.4, -0.2) is 47.1 Å². The molecule has 1 heterocycles. The zero-order valence-electron chi connectivity index (χ0n) is 10.3. The number of nitro benzene ring substituents is 1. The molecule has 1 fully saturated rings. The van der Waals surface area contributed by atoms with Crippen LogP contribution in [0.4, 0.5) is 5.69 Å². The van der Waals surface area contributed by atoms with E-state index in [0.717, 1.165) is 13.1 Å². The van der Waals surface area contributed by atoms with Gasteiger partial charge >= 0.3 is 5.97 Å². The summed E-state index contributed by atoms with van der Waals surface area (Å²) in [4.78, 5) is 23.4. The van der Waals surface area contributed by atoms with Gasteiger partial charge in [-0.05, 0) is 5.56 Å². The average molecular weight is 265 g/mol. The van der Waals surface area contributed by atoms with Gasteiger partial charge in [-0.1, -0.05) is 12.1 Å². The summed E-state index contributed by atoms with van der Waals surface area (Å²) in [5.74, 6) is -0.934. The number of nitrogens with zero attached hydrogens (tertiary/aromatic N) is 2. The second-order valence-corrected chi connectivity index (χ2v) is 4.38. The molecule has 0 saturated carbocycles. The lowest BCUT2D eigenvalue weighted by Crippen LogP contribution is -2.47. The van der Waals surface area contributed by atoms with Gasteiger partial charge in [-0.15, -0.1) is 0 Å². The van der Waals surface area contributed by atoms with Crippen molar-refractivity contribution < 1.29 is 14.8 Å². The lowest BCUT2D eigenvalue weighted by molar-refractivity contribution is -0.384. The van der Waals surface area contributed by atoms with E-state index in [0.29, 0.717) is 18.7 Å². The van der Waals surface area contributed by atoms with Gasteiger partial charge in [-0.2, -0.15) is 0 Å². The minimum absolute atomic E-state index is 0.0341. The molecule has 1 aromatic carbocycles. The van der Waals surface area contributed by atoms with Gasteiger partial charge in [0.05, 0.1) is 4.92 Å². The van der Waals surface area contributed by atoms with E-state index in [1.165, 1.54) is 24.3 Å². The molecular weight excluding hydrogens is 250 g/mol. The second-order valence-electron chi connectivity index (χ2n) is 4.38. The highest BCUT2D eigenvalue weighted by molar-refractivity contribution is 5.75. The van der Waals surface area contributed by atoms with Crippen LogP contribution in [0.5, 0.6) is 0 Å². The number of hydrogen-bond acceptors (Lipinski definition) is 5. The molecule has 0 spiro atoms. The lowest BCUT2D eigenvalue weighted by Gasteiger charge is -2.32. The number of carbonyl (C=O) groups is 1. The van der Waals surface area contributed by atoms with E-state index in [4.69, 9.17) is 0 Å². The van der Waals surface area contributed by atoms with Crippen molar-refractivity contribution in [3.63, 3.8) is 0 Å². The monoisotopic (exact) mass is 265 g/mol. The summed E-state index contributed by atoms with van der Waals surface area (Å²) < 4.78 is 0. The molecule has 7 heteroatoms. The maximum atomic E-state index is 11.4. The summed E-state index contributed by atoms with van der Waals surface area (Å²) in [7, 11) is 0. The molecule has 1 atom stereocenters. The van der Waals surface area contributed by atoms with Gasteiger partial charge in [-0.3, -0.25) is 19.8 Å². The number of non-ortho nitro benzene ring substituents is 1. The molecule has 0 amide bonds. The number of carboxylic acids is 1. The molecule has 19 heavy (non-hydrogen) atoms. The van der Waals surface area contributed by atoms with E-state index in [1.54, 1.807) is 0 Å². The zero-order chi connectivity index (χ0) is 13.8. The first-order valence-electron chi connectivity index (χ1n) is 6.01. The van der Waals surface area contributed by atoms with Crippen molar-refractivity contribution in [3.8, 4) is 0 Å². The van der Waals surface area contributed by atoms with Crippen LogP contribution in [0.15, 0.2) is 24.3 Å². The number of aliphatic carboxylic acids is 1. The summed E-state index contributed by atoms with van der Waals surface area (Å²) in [6.45, 7) is 2.79. The number of nitrogens with one attached hydrogen (secondary N) is 1. The summed E-state index contributed by atoms with van der Waals surface area (Å²) in [5.41, 5.74) is 0.535. The molecule has 1 aliphatic rings. The number of nitro groups is 1. The molecule has 0 bridgehead atoms. The molecule has 0 radical (unpaired) electrons. The molecule has 1 aromatic rings. The van der Waals surface area contributed by atoms with Gasteiger partial charge in [0.2, 0.25) is 0 Å². The molecule has 0 aromatic heterocycles. The third kappa shape index (κ3) is 3.07. The Morgan fingerprint density at radius 1 is 1.32 bits per heavy atom. The van der Waals surface area contributed by atoms with Crippen molar-refractivity contribution >= 4 is 11.7 Å². The molecule has 2 rings (SSSR count). The Morgan fingerprint density at radius 3 is 2.37 bits per heavy atom. The van der Waals surface area contributed by atoms with E-state index in [-0.39, 0.29) is 5.69 Å². The number of hydrogen-bond donors (Lipinski definition) is 2. The summed E-state index contributed by atoms with van der Waals surface area (Å²) in [6, 6.07) is 4.96. The molecule has 102 valence electrons. The van der Waals surface area contributed by atoms with Crippen LogP contribution >= 0.6 is 0 Å². The van der Waals surface area contributed by atoms with Crippen LogP contribution in [0, 0.1) is 10.1 Å². The minimum Gasteiger partial charge on any atom is -0.480 e. The Morgan fingerprint density at radius 2 is 1.89 bits per heavy atom. The third-order valence-electron chi connectivity index (χ3n) is 3.17. The van der Waals surface area contributed by atoms with E-state index in [1.807, 2.05) is 4.90 Å². The normalized spacial score (nSPS) is 17.9. The molecule has 1 aliphatic heterocycles. The lowest BCUT2D eigenvalue weighted by atomic mass is 10.0. The summed E-state index contributed by atoms with van der Waals surface area (Å²) >= 11 is 0. The topological polar surface area (TPSA) is 95.7 Å². The van der Waals surface area contributed by atoms with Gasteiger partial charge in [0.15, 0.2) is 0 Å². The third-order valence-corrected chi connectivity index (χ3v) is 3.17. The molecule has 0 aliphatic carbocycles. The van der Waals surface area contributed by atoms with Crippen molar-refractivity contribution in [1.29, 1.82) is 0 Å². The van der Waals surface area contributed by atoms with Crippen molar-refractivity contribution in [2.75, 3.05) is 26.2 Å². The average Bonchev–Trinajstić information content (AvgIpc) is 2.40. The fraction of sp³-hybridized carbons (Fsp3) is 0.417. The molecule has 7 nitrogen and oxygen atoms in total. The van der Waals surface area contributed by atoms with Crippen LogP contribution in [0.1, 0.15) is 11.6 Å². The first kappa shape index (κ1) is 13.4. The van der Waals surface area contributed by atoms with Crippen LogP contribution in [-0.2, 0) is 4.79 Å².